The number of likely N-dealkylation sites (N-methyl/N-ethyl adjacent to an activating group) is 1. The van der Waals surface area contributed by atoms with Gasteiger partial charge in [-0.2, -0.15) is 5.10 Å². The van der Waals surface area contributed by atoms with Crippen LogP contribution in [0.4, 0.5) is 0 Å². The van der Waals surface area contributed by atoms with Crippen LogP contribution >= 0.6 is 0 Å². The Hall–Kier alpha value is -1.92. The van der Waals surface area contributed by atoms with E-state index >= 15 is 0 Å². The van der Waals surface area contributed by atoms with Gasteiger partial charge in [-0.1, -0.05) is 0 Å². The van der Waals surface area contributed by atoms with Gasteiger partial charge in [-0.3, -0.25) is 9.67 Å². The maximum Gasteiger partial charge on any atom is 0.161 e. The Morgan fingerprint density at radius 2 is 2.19 bits per heavy atom. The first-order chi connectivity index (χ1) is 10.0. The monoisotopic (exact) mass is 289 g/mol. The van der Waals surface area contributed by atoms with Gasteiger partial charge in [0.05, 0.1) is 31.6 Å². The number of aryl methyl sites for hydroxylation is 1. The molecule has 0 aliphatic rings. The summed E-state index contributed by atoms with van der Waals surface area (Å²) in [7, 11) is 5.69. The van der Waals surface area contributed by atoms with Crippen LogP contribution < -0.4 is 10.5 Å². The zero-order chi connectivity index (χ0) is 15.4. The summed E-state index contributed by atoms with van der Waals surface area (Å²) in [5.74, 6) is 0.699. The molecule has 0 radical (unpaired) electrons. The molecule has 0 amide bonds. The van der Waals surface area contributed by atoms with E-state index in [9.17, 15) is 0 Å². The van der Waals surface area contributed by atoms with Gasteiger partial charge in [0, 0.05) is 12.7 Å². The Bertz CT molecular complexity index is 593. The predicted molar refractivity (Wildman–Crippen MR) is 82.3 cm³/mol. The van der Waals surface area contributed by atoms with Crippen molar-refractivity contribution in [3.8, 4) is 5.75 Å². The van der Waals surface area contributed by atoms with Gasteiger partial charge >= 0.3 is 0 Å². The van der Waals surface area contributed by atoms with Crippen molar-refractivity contribution < 1.29 is 4.74 Å². The molecule has 0 fully saturated rings. The molecule has 0 spiro atoms. The molecule has 21 heavy (non-hydrogen) atoms. The molecule has 2 rings (SSSR count). The molecule has 0 aromatic carbocycles. The molecule has 1 atom stereocenters. The maximum absolute atomic E-state index is 6.40. The zero-order valence-corrected chi connectivity index (χ0v) is 13.1. The minimum Gasteiger partial charge on any atom is -0.493 e. The number of nitrogens with two attached hydrogens (primary N) is 1. The Morgan fingerprint density at radius 3 is 2.81 bits per heavy atom. The smallest absolute Gasteiger partial charge is 0.161 e. The normalized spacial score (nSPS) is 12.7. The van der Waals surface area contributed by atoms with Gasteiger partial charge in [-0.25, -0.2) is 0 Å². The number of pyridine rings is 1. The van der Waals surface area contributed by atoms with E-state index in [1.165, 1.54) is 0 Å². The highest BCUT2D eigenvalue weighted by Crippen LogP contribution is 2.27. The fourth-order valence-electron chi connectivity index (χ4n) is 2.19. The summed E-state index contributed by atoms with van der Waals surface area (Å²) in [5, 5.41) is 4.39. The van der Waals surface area contributed by atoms with Crippen LogP contribution in [0.3, 0.4) is 0 Å². The van der Waals surface area contributed by atoms with Gasteiger partial charge in [0.2, 0.25) is 0 Å². The topological polar surface area (TPSA) is 69.2 Å². The van der Waals surface area contributed by atoms with E-state index in [0.717, 1.165) is 30.0 Å². The van der Waals surface area contributed by atoms with E-state index in [1.807, 2.05) is 37.8 Å². The summed E-state index contributed by atoms with van der Waals surface area (Å²) in [5.41, 5.74) is 9.21. The second kappa shape index (κ2) is 6.69. The Balaban J connectivity index is 2.34. The van der Waals surface area contributed by atoms with Crippen molar-refractivity contribution in [1.82, 2.24) is 19.7 Å². The van der Waals surface area contributed by atoms with Crippen LogP contribution in [0, 0.1) is 6.92 Å². The molecular formula is C15H23N5O. The molecule has 0 aliphatic heterocycles. The van der Waals surface area contributed by atoms with Crippen LogP contribution in [0.25, 0.3) is 0 Å². The zero-order valence-electron chi connectivity index (χ0n) is 13.1. The SMILES string of the molecule is COc1cnn(CCN(C)C)c1C(N)c1cc(C)ccn1. The standard InChI is InChI=1S/C15H23N5O/c1-11-5-6-17-12(9-11)14(16)15-13(21-4)10-18-20(15)8-7-19(2)3/h5-6,9-10,14H,7-8,16H2,1-4H3. The van der Waals surface area contributed by atoms with Gasteiger partial charge in [0.15, 0.2) is 5.75 Å². The minimum atomic E-state index is -0.357. The summed E-state index contributed by atoms with van der Waals surface area (Å²) in [4.78, 5) is 6.48. The second-order valence-corrected chi connectivity index (χ2v) is 5.36. The third-order valence-electron chi connectivity index (χ3n) is 3.37. The highest BCUT2D eigenvalue weighted by atomic mass is 16.5. The van der Waals surface area contributed by atoms with Crippen molar-refractivity contribution >= 4 is 0 Å². The predicted octanol–water partition coefficient (Wildman–Crippen LogP) is 1.20. The van der Waals surface area contributed by atoms with Crippen LogP contribution in [-0.4, -0.2) is 47.4 Å². The summed E-state index contributed by atoms with van der Waals surface area (Å²) >= 11 is 0. The lowest BCUT2D eigenvalue weighted by molar-refractivity contribution is 0.363. The van der Waals surface area contributed by atoms with Crippen LogP contribution in [0.2, 0.25) is 0 Å². The highest BCUT2D eigenvalue weighted by Gasteiger charge is 2.21. The summed E-state index contributed by atoms with van der Waals surface area (Å²) in [6, 6.07) is 3.59. The van der Waals surface area contributed by atoms with Crippen LogP contribution in [0.5, 0.6) is 5.75 Å². The lowest BCUT2D eigenvalue weighted by atomic mass is 10.1. The molecule has 0 saturated heterocycles. The highest BCUT2D eigenvalue weighted by molar-refractivity contribution is 5.34. The number of methoxy groups -OCH3 is 1. The number of nitrogens with zero attached hydrogens (tertiary/aromatic N) is 4. The first kappa shape index (κ1) is 15.5. The molecule has 114 valence electrons. The summed E-state index contributed by atoms with van der Waals surface area (Å²) in [6.45, 7) is 3.66. The average Bonchev–Trinajstić information content (AvgIpc) is 2.87. The van der Waals surface area contributed by atoms with Gasteiger partial charge in [-0.15, -0.1) is 0 Å². The molecule has 6 nitrogen and oxygen atoms in total. The fraction of sp³-hybridized carbons (Fsp3) is 0.467. The molecule has 2 N–H and O–H groups in total. The van der Waals surface area contributed by atoms with Crippen molar-refractivity contribution in [3.05, 3.63) is 41.5 Å². The van der Waals surface area contributed by atoms with Crippen molar-refractivity contribution in [1.29, 1.82) is 0 Å². The molecule has 0 aliphatic carbocycles. The second-order valence-electron chi connectivity index (χ2n) is 5.36. The first-order valence-corrected chi connectivity index (χ1v) is 6.95. The lowest BCUT2D eigenvalue weighted by Gasteiger charge is -2.17. The van der Waals surface area contributed by atoms with Crippen LogP contribution in [0.15, 0.2) is 24.5 Å². The molecule has 6 heteroatoms. The lowest BCUT2D eigenvalue weighted by Crippen LogP contribution is -2.24. The van der Waals surface area contributed by atoms with Gasteiger partial charge in [0.1, 0.15) is 5.69 Å². The van der Waals surface area contributed by atoms with E-state index in [0.29, 0.717) is 5.75 Å². The third-order valence-corrected chi connectivity index (χ3v) is 3.37. The van der Waals surface area contributed by atoms with Gasteiger partial charge < -0.3 is 15.4 Å². The molecule has 2 aromatic rings. The Kier molecular flexibility index (Phi) is 4.93. The minimum absolute atomic E-state index is 0.357. The van der Waals surface area contributed by atoms with E-state index < -0.39 is 0 Å². The van der Waals surface area contributed by atoms with Crippen LogP contribution in [0.1, 0.15) is 23.0 Å². The molecule has 1 unspecified atom stereocenters. The number of aromatic nitrogens is 3. The Morgan fingerprint density at radius 1 is 1.43 bits per heavy atom. The van der Waals surface area contributed by atoms with E-state index in [1.54, 1.807) is 19.5 Å². The van der Waals surface area contributed by atoms with Crippen molar-refractivity contribution in [2.45, 2.75) is 19.5 Å². The molecule has 0 bridgehead atoms. The summed E-state index contributed by atoms with van der Waals surface area (Å²) in [6.07, 6.45) is 3.48. The van der Waals surface area contributed by atoms with Gasteiger partial charge in [-0.05, 0) is 38.7 Å². The summed E-state index contributed by atoms with van der Waals surface area (Å²) < 4.78 is 7.30. The Labute approximate surface area is 125 Å². The maximum atomic E-state index is 6.40. The fourth-order valence-corrected chi connectivity index (χ4v) is 2.19. The van der Waals surface area contributed by atoms with Crippen molar-refractivity contribution in [2.75, 3.05) is 27.7 Å². The number of ether oxygens (including phenoxy) is 1. The first-order valence-electron chi connectivity index (χ1n) is 6.95. The van der Waals surface area contributed by atoms with Crippen molar-refractivity contribution in [2.24, 2.45) is 5.73 Å². The third kappa shape index (κ3) is 3.59. The number of hydrogen-bond acceptors (Lipinski definition) is 5. The van der Waals surface area contributed by atoms with E-state index in [4.69, 9.17) is 10.5 Å². The molecule has 0 saturated carbocycles. The number of hydrogen-bond donors (Lipinski definition) is 1. The van der Waals surface area contributed by atoms with Crippen molar-refractivity contribution in [3.63, 3.8) is 0 Å². The van der Waals surface area contributed by atoms with E-state index in [2.05, 4.69) is 15.0 Å². The molecule has 2 heterocycles. The number of rotatable bonds is 6. The largest absolute Gasteiger partial charge is 0.493 e. The molecule has 2 aromatic heterocycles. The van der Waals surface area contributed by atoms with Gasteiger partial charge in [0.25, 0.3) is 0 Å². The van der Waals surface area contributed by atoms with Crippen LogP contribution in [-0.2, 0) is 6.54 Å². The molecular weight excluding hydrogens is 266 g/mol. The average molecular weight is 289 g/mol. The quantitative estimate of drug-likeness (QED) is 0.865. The van der Waals surface area contributed by atoms with E-state index in [-0.39, 0.29) is 6.04 Å².